The predicted octanol–water partition coefficient (Wildman–Crippen LogP) is 4.00. The monoisotopic (exact) mass is 419 g/mol. The van der Waals surface area contributed by atoms with Gasteiger partial charge in [-0.2, -0.15) is 5.26 Å². The number of fused-ring (bicyclic) bond motifs is 1. The zero-order valence-corrected chi connectivity index (χ0v) is 17.1. The molecule has 158 valence electrons. The number of urea groups is 1. The van der Waals surface area contributed by atoms with Gasteiger partial charge in [-0.05, 0) is 43.3 Å². The number of benzene rings is 2. The number of pyridine rings is 1. The van der Waals surface area contributed by atoms with Crippen molar-refractivity contribution in [1.29, 1.82) is 5.26 Å². The molecule has 1 aromatic heterocycles. The minimum Gasteiger partial charge on any atom is -0.494 e. The van der Waals surface area contributed by atoms with E-state index in [1.807, 2.05) is 36.1 Å². The highest BCUT2D eigenvalue weighted by atomic mass is 19.1. The summed E-state index contributed by atoms with van der Waals surface area (Å²) in [5, 5.41) is 13.1. The van der Waals surface area contributed by atoms with E-state index in [4.69, 9.17) is 9.72 Å². The van der Waals surface area contributed by atoms with E-state index in [-0.39, 0.29) is 11.7 Å². The summed E-state index contributed by atoms with van der Waals surface area (Å²) in [6.45, 7) is 4.41. The SMILES string of the molecule is CCOc1ccc2nc(N3CCN(C(=O)Nc4ccccc4F)CC3)c(C#N)cc2c1. The average Bonchev–Trinajstić information content (AvgIpc) is 2.80. The lowest BCUT2D eigenvalue weighted by Gasteiger charge is -2.35. The number of anilines is 2. The van der Waals surface area contributed by atoms with Crippen LogP contribution < -0.4 is 15.0 Å². The van der Waals surface area contributed by atoms with Crippen LogP contribution in [0.2, 0.25) is 0 Å². The van der Waals surface area contributed by atoms with Crippen molar-refractivity contribution in [3.05, 3.63) is 59.9 Å². The molecule has 4 rings (SSSR count). The number of para-hydroxylation sites is 1. The van der Waals surface area contributed by atoms with E-state index in [0.29, 0.717) is 44.2 Å². The normalized spacial score (nSPS) is 13.7. The molecule has 1 aliphatic heterocycles. The van der Waals surface area contributed by atoms with E-state index in [2.05, 4.69) is 11.4 Å². The zero-order chi connectivity index (χ0) is 21.8. The van der Waals surface area contributed by atoms with Crippen LogP contribution in [0.15, 0.2) is 48.5 Å². The zero-order valence-electron chi connectivity index (χ0n) is 17.1. The Morgan fingerprint density at radius 2 is 1.97 bits per heavy atom. The fourth-order valence-electron chi connectivity index (χ4n) is 3.60. The second-order valence-electron chi connectivity index (χ2n) is 7.14. The van der Waals surface area contributed by atoms with Crippen molar-refractivity contribution in [1.82, 2.24) is 9.88 Å². The van der Waals surface area contributed by atoms with Crippen molar-refractivity contribution in [2.24, 2.45) is 0 Å². The minimum absolute atomic E-state index is 0.157. The molecule has 1 aliphatic rings. The van der Waals surface area contributed by atoms with Gasteiger partial charge in [0, 0.05) is 31.6 Å². The molecule has 3 aromatic rings. The number of carbonyl (C=O) groups excluding carboxylic acids is 1. The molecule has 2 amide bonds. The highest BCUT2D eigenvalue weighted by Crippen LogP contribution is 2.27. The number of amides is 2. The Morgan fingerprint density at radius 3 is 2.68 bits per heavy atom. The maximum Gasteiger partial charge on any atom is 0.322 e. The molecular formula is C23H22FN5O2. The number of hydrogen-bond donors (Lipinski definition) is 1. The highest BCUT2D eigenvalue weighted by Gasteiger charge is 2.24. The van der Waals surface area contributed by atoms with Crippen molar-refractivity contribution < 1.29 is 13.9 Å². The van der Waals surface area contributed by atoms with Crippen molar-refractivity contribution in [3.8, 4) is 11.8 Å². The fraction of sp³-hybridized carbons (Fsp3) is 0.261. The topological polar surface area (TPSA) is 81.5 Å². The second kappa shape index (κ2) is 8.88. The Labute approximate surface area is 179 Å². The van der Waals surface area contributed by atoms with Crippen LogP contribution in [0, 0.1) is 17.1 Å². The van der Waals surface area contributed by atoms with Crippen LogP contribution in [-0.2, 0) is 0 Å². The van der Waals surface area contributed by atoms with Crippen molar-refractivity contribution >= 4 is 28.4 Å². The number of carbonyl (C=O) groups is 1. The summed E-state index contributed by atoms with van der Waals surface area (Å²) in [5.74, 6) is 0.872. The van der Waals surface area contributed by atoms with Crippen molar-refractivity contribution in [3.63, 3.8) is 0 Å². The maximum absolute atomic E-state index is 13.8. The maximum atomic E-state index is 13.8. The molecule has 0 saturated carbocycles. The summed E-state index contributed by atoms with van der Waals surface area (Å²) < 4.78 is 19.3. The molecule has 31 heavy (non-hydrogen) atoms. The molecule has 2 aromatic carbocycles. The lowest BCUT2D eigenvalue weighted by atomic mass is 10.1. The summed E-state index contributed by atoms with van der Waals surface area (Å²) in [6, 6.07) is 15.4. The molecule has 7 nitrogen and oxygen atoms in total. The van der Waals surface area contributed by atoms with Crippen LogP contribution in [0.25, 0.3) is 10.9 Å². The Hall–Kier alpha value is -3.86. The molecular weight excluding hydrogens is 397 g/mol. The molecule has 0 aliphatic carbocycles. The highest BCUT2D eigenvalue weighted by molar-refractivity contribution is 5.89. The minimum atomic E-state index is -0.471. The Kier molecular flexibility index (Phi) is 5.85. The number of piperazine rings is 1. The van der Waals surface area contributed by atoms with Crippen LogP contribution in [0.5, 0.6) is 5.75 Å². The van der Waals surface area contributed by atoms with Crippen LogP contribution in [0.1, 0.15) is 12.5 Å². The van der Waals surface area contributed by atoms with Gasteiger partial charge in [0.15, 0.2) is 0 Å². The summed E-state index contributed by atoms with van der Waals surface area (Å²) in [7, 11) is 0. The first-order chi connectivity index (χ1) is 15.1. The predicted molar refractivity (Wildman–Crippen MR) is 117 cm³/mol. The van der Waals surface area contributed by atoms with Gasteiger partial charge in [0.2, 0.25) is 0 Å². The number of hydrogen-bond acceptors (Lipinski definition) is 5. The molecule has 1 saturated heterocycles. The van der Waals surface area contributed by atoms with Gasteiger partial charge >= 0.3 is 6.03 Å². The summed E-state index contributed by atoms with van der Waals surface area (Å²) in [6.07, 6.45) is 0. The van der Waals surface area contributed by atoms with Gasteiger partial charge in [-0.25, -0.2) is 14.2 Å². The smallest absolute Gasteiger partial charge is 0.322 e. The largest absolute Gasteiger partial charge is 0.494 e. The lowest BCUT2D eigenvalue weighted by molar-refractivity contribution is 0.208. The molecule has 8 heteroatoms. The van der Waals surface area contributed by atoms with Crippen LogP contribution >= 0.6 is 0 Å². The Balaban J connectivity index is 1.48. The van der Waals surface area contributed by atoms with Crippen LogP contribution in [-0.4, -0.2) is 48.7 Å². The molecule has 0 atom stereocenters. The van der Waals surface area contributed by atoms with Gasteiger partial charge in [-0.15, -0.1) is 0 Å². The summed E-state index contributed by atoms with van der Waals surface area (Å²) >= 11 is 0. The van der Waals surface area contributed by atoms with Gasteiger partial charge < -0.3 is 19.9 Å². The Bertz CT molecular complexity index is 1150. The third-order valence-corrected chi connectivity index (χ3v) is 5.18. The molecule has 0 radical (unpaired) electrons. The van der Waals surface area contributed by atoms with Gasteiger partial charge in [-0.1, -0.05) is 12.1 Å². The van der Waals surface area contributed by atoms with Crippen molar-refractivity contribution in [2.45, 2.75) is 6.92 Å². The first kappa shape index (κ1) is 20.4. The number of aromatic nitrogens is 1. The molecule has 0 bridgehead atoms. The van der Waals surface area contributed by atoms with E-state index in [1.165, 1.54) is 12.1 Å². The molecule has 2 heterocycles. The molecule has 0 unspecified atom stereocenters. The number of ether oxygens (including phenoxy) is 1. The van der Waals surface area contributed by atoms with E-state index >= 15 is 0 Å². The lowest BCUT2D eigenvalue weighted by Crippen LogP contribution is -2.50. The van der Waals surface area contributed by atoms with Crippen molar-refractivity contribution in [2.75, 3.05) is 43.0 Å². The Morgan fingerprint density at radius 1 is 1.19 bits per heavy atom. The number of nitrogens with zero attached hydrogens (tertiary/aromatic N) is 4. The van der Waals surface area contributed by atoms with Gasteiger partial charge in [0.1, 0.15) is 23.5 Å². The van der Waals surface area contributed by atoms with Gasteiger partial charge in [0.25, 0.3) is 0 Å². The van der Waals surface area contributed by atoms with E-state index in [0.717, 1.165) is 16.7 Å². The summed E-state index contributed by atoms with van der Waals surface area (Å²) in [5.41, 5.74) is 1.41. The number of nitrogens with one attached hydrogen (secondary N) is 1. The fourth-order valence-corrected chi connectivity index (χ4v) is 3.60. The average molecular weight is 419 g/mol. The molecule has 1 N–H and O–H groups in total. The van der Waals surface area contributed by atoms with E-state index in [1.54, 1.807) is 17.0 Å². The third kappa shape index (κ3) is 4.36. The number of rotatable bonds is 4. The molecule has 0 spiro atoms. The number of halogens is 1. The van der Waals surface area contributed by atoms with E-state index < -0.39 is 5.82 Å². The summed E-state index contributed by atoms with van der Waals surface area (Å²) in [4.78, 5) is 20.8. The first-order valence-electron chi connectivity index (χ1n) is 10.1. The van der Waals surface area contributed by atoms with E-state index in [9.17, 15) is 14.4 Å². The van der Waals surface area contributed by atoms with Gasteiger partial charge in [0.05, 0.1) is 23.4 Å². The second-order valence-corrected chi connectivity index (χ2v) is 7.14. The quantitative estimate of drug-likeness (QED) is 0.691. The molecule has 1 fully saturated rings. The van der Waals surface area contributed by atoms with Crippen LogP contribution in [0.4, 0.5) is 20.7 Å². The van der Waals surface area contributed by atoms with Crippen LogP contribution in [0.3, 0.4) is 0 Å². The third-order valence-electron chi connectivity index (χ3n) is 5.18. The van der Waals surface area contributed by atoms with Gasteiger partial charge in [-0.3, -0.25) is 0 Å². The standard InChI is InChI=1S/C23H22FN5O2/c1-2-31-18-7-8-20-16(14-18)13-17(15-25)22(26-20)28-9-11-29(12-10-28)23(30)27-21-6-4-3-5-19(21)24/h3-8,13-14H,2,9-12H2,1H3,(H,27,30). The first-order valence-corrected chi connectivity index (χ1v) is 10.1. The number of nitriles is 1.